The van der Waals surface area contributed by atoms with Crippen LogP contribution in [-0.4, -0.2) is 19.4 Å². The minimum absolute atomic E-state index is 0.00166. The first-order valence-corrected chi connectivity index (χ1v) is 8.87. The van der Waals surface area contributed by atoms with Gasteiger partial charge in [0, 0.05) is 23.1 Å². The number of allylic oxidation sites excluding steroid dienone is 4. The van der Waals surface area contributed by atoms with Gasteiger partial charge in [-0.25, -0.2) is 13.6 Å². The molecule has 2 rings (SSSR count). The number of nitrogens with one attached hydrogen (secondary N) is 2. The van der Waals surface area contributed by atoms with E-state index in [0.717, 1.165) is 0 Å². The third-order valence-corrected chi connectivity index (χ3v) is 4.63. The molecule has 0 aromatic heterocycles. The van der Waals surface area contributed by atoms with Gasteiger partial charge in [0.05, 0.1) is 17.1 Å². The summed E-state index contributed by atoms with van der Waals surface area (Å²) in [5.41, 5.74) is 2.93. The molecule has 5 N–H and O–H groups in total. The summed E-state index contributed by atoms with van der Waals surface area (Å²) in [4.78, 5) is 12.1. The zero-order valence-corrected chi connectivity index (χ0v) is 14.4. The number of carbonyl (C=O) groups is 1. The molecule has 0 atom stereocenters. The smallest absolute Gasteiger partial charge is 0.257 e. The fraction of sp³-hybridized carbons (Fsp3) is 0.118. The van der Waals surface area contributed by atoms with Crippen LogP contribution >= 0.6 is 0 Å². The van der Waals surface area contributed by atoms with E-state index in [-0.39, 0.29) is 17.4 Å². The Morgan fingerprint density at radius 2 is 2.12 bits per heavy atom. The molecule has 1 aliphatic rings. The highest BCUT2D eigenvalue weighted by Crippen LogP contribution is 2.32. The predicted molar refractivity (Wildman–Crippen MR) is 97.3 cm³/mol. The number of fused-ring (bicyclic) bond motifs is 1. The summed E-state index contributed by atoms with van der Waals surface area (Å²) < 4.78 is 22.4. The molecule has 8 heteroatoms. The van der Waals surface area contributed by atoms with Crippen molar-refractivity contribution in [3.8, 4) is 0 Å². The number of benzene rings is 1. The Bertz CT molecular complexity index is 912. The number of hydrogen-bond acceptors (Lipinski definition) is 5. The van der Waals surface area contributed by atoms with Crippen LogP contribution in [0.15, 0.2) is 59.8 Å². The van der Waals surface area contributed by atoms with Gasteiger partial charge in [-0.3, -0.25) is 4.79 Å². The number of nitrogens with two attached hydrogens (primary N) is 1. The zero-order valence-electron chi connectivity index (χ0n) is 13.6. The third-order valence-electron chi connectivity index (χ3n) is 3.60. The maximum atomic E-state index is 12.1. The largest absolute Gasteiger partial charge is 0.392 e. The van der Waals surface area contributed by atoms with E-state index in [2.05, 4.69) is 17.2 Å². The number of aliphatic hydroxyl groups is 1. The molecule has 0 radical (unpaired) electrons. The monoisotopic (exact) mass is 361 g/mol. The predicted octanol–water partition coefficient (Wildman–Crippen LogP) is 1.32. The summed E-state index contributed by atoms with van der Waals surface area (Å²) in [5.74, 6) is -0.280. The molecule has 0 bridgehead atoms. The van der Waals surface area contributed by atoms with Gasteiger partial charge in [-0.15, -0.1) is 0 Å². The van der Waals surface area contributed by atoms with Crippen molar-refractivity contribution < 1.29 is 18.3 Å². The molecule has 1 aromatic carbocycles. The number of anilines is 1. The molecule has 1 amide bonds. The Kier molecular flexibility index (Phi) is 5.58. The second-order valence-corrected chi connectivity index (χ2v) is 7.08. The Hall–Kier alpha value is -2.68. The Morgan fingerprint density at radius 3 is 2.72 bits per heavy atom. The van der Waals surface area contributed by atoms with Gasteiger partial charge in [0.25, 0.3) is 5.91 Å². The number of rotatable bonds is 6. The Labute approximate surface area is 146 Å². The minimum Gasteiger partial charge on any atom is -0.392 e. The quantitative estimate of drug-likeness (QED) is 0.450. The number of hydrogen-bond donors (Lipinski definition) is 4. The van der Waals surface area contributed by atoms with E-state index in [1.165, 1.54) is 31.4 Å². The molecule has 0 aliphatic carbocycles. The fourth-order valence-corrected chi connectivity index (χ4v) is 2.37. The average molecular weight is 361 g/mol. The molecule has 0 saturated heterocycles. The SMILES string of the molecule is C=C/C(=C\C=C(/C)S(N)(=O)=O)N/C=C1\C(=O)Nc2cc(CO)ccc21. The number of primary sulfonamides is 1. The summed E-state index contributed by atoms with van der Waals surface area (Å²) >= 11 is 0. The van der Waals surface area contributed by atoms with Crippen LogP contribution in [0.1, 0.15) is 18.1 Å². The van der Waals surface area contributed by atoms with E-state index in [4.69, 9.17) is 10.2 Å². The van der Waals surface area contributed by atoms with Gasteiger partial charge in [-0.1, -0.05) is 18.7 Å². The molecule has 1 heterocycles. The van der Waals surface area contributed by atoms with Gasteiger partial charge in [0.1, 0.15) is 0 Å². The lowest BCUT2D eigenvalue weighted by molar-refractivity contribution is -0.110. The standard InChI is InChI=1S/C17H19N3O4S/c1-3-13(6-4-11(2)25(18,23)24)19-9-15-14-7-5-12(10-21)8-16(14)20-17(15)22/h3-9,19,21H,1,10H2,2H3,(H,20,22)(H2,18,23,24)/b11-4+,13-6+,15-9-. The first kappa shape index (κ1) is 18.7. The van der Waals surface area contributed by atoms with Crippen LogP contribution in [0.25, 0.3) is 5.57 Å². The Balaban J connectivity index is 2.26. The van der Waals surface area contributed by atoms with Gasteiger partial charge < -0.3 is 15.7 Å². The summed E-state index contributed by atoms with van der Waals surface area (Å²) in [7, 11) is -3.74. The summed E-state index contributed by atoms with van der Waals surface area (Å²) in [5, 5.41) is 19.8. The fourth-order valence-electron chi connectivity index (χ4n) is 2.12. The van der Waals surface area contributed by atoms with Crippen LogP contribution in [0.2, 0.25) is 0 Å². The van der Waals surface area contributed by atoms with Crippen LogP contribution in [-0.2, 0) is 21.4 Å². The molecule has 0 spiro atoms. The van der Waals surface area contributed by atoms with Crippen molar-refractivity contribution in [2.75, 3.05) is 5.32 Å². The highest BCUT2D eigenvalue weighted by molar-refractivity contribution is 7.93. The lowest BCUT2D eigenvalue weighted by atomic mass is 10.1. The van der Waals surface area contributed by atoms with Gasteiger partial charge in [-0.2, -0.15) is 0 Å². The third kappa shape index (κ3) is 4.44. The lowest BCUT2D eigenvalue weighted by Gasteiger charge is -2.04. The van der Waals surface area contributed by atoms with Gasteiger partial charge >= 0.3 is 0 Å². The molecule has 0 fully saturated rings. The zero-order chi connectivity index (χ0) is 18.6. The van der Waals surface area contributed by atoms with Gasteiger partial charge in [0.2, 0.25) is 10.0 Å². The summed E-state index contributed by atoms with van der Waals surface area (Å²) in [6.45, 7) is 4.90. The maximum absolute atomic E-state index is 12.1. The van der Waals surface area contributed by atoms with Crippen LogP contribution in [0.3, 0.4) is 0 Å². The van der Waals surface area contributed by atoms with Crippen molar-refractivity contribution in [1.82, 2.24) is 5.32 Å². The normalized spacial score (nSPS) is 16.6. The van der Waals surface area contributed by atoms with Crippen molar-refractivity contribution >= 4 is 27.2 Å². The van der Waals surface area contributed by atoms with Crippen LogP contribution < -0.4 is 15.8 Å². The minimum atomic E-state index is -3.74. The molecule has 7 nitrogen and oxygen atoms in total. The van der Waals surface area contributed by atoms with E-state index in [1.54, 1.807) is 18.2 Å². The second-order valence-electron chi connectivity index (χ2n) is 5.34. The number of amides is 1. The van der Waals surface area contributed by atoms with Gasteiger partial charge in [-0.05, 0) is 36.8 Å². The first-order chi connectivity index (χ1) is 11.8. The van der Waals surface area contributed by atoms with Crippen LogP contribution in [0.4, 0.5) is 5.69 Å². The molecule has 25 heavy (non-hydrogen) atoms. The molecule has 0 saturated carbocycles. The number of aliphatic hydroxyl groups excluding tert-OH is 1. The van der Waals surface area contributed by atoms with Crippen molar-refractivity contribution in [1.29, 1.82) is 0 Å². The van der Waals surface area contributed by atoms with Gasteiger partial charge in [0.15, 0.2) is 0 Å². The highest BCUT2D eigenvalue weighted by atomic mass is 32.2. The van der Waals surface area contributed by atoms with Crippen molar-refractivity contribution in [2.45, 2.75) is 13.5 Å². The summed E-state index contributed by atoms with van der Waals surface area (Å²) in [6.07, 6.45) is 5.82. The first-order valence-electron chi connectivity index (χ1n) is 7.32. The molecule has 1 aromatic rings. The van der Waals surface area contributed by atoms with Crippen molar-refractivity contribution in [3.63, 3.8) is 0 Å². The van der Waals surface area contributed by atoms with E-state index in [9.17, 15) is 13.2 Å². The molecular weight excluding hydrogens is 342 g/mol. The van der Waals surface area contributed by atoms with E-state index in [1.807, 2.05) is 0 Å². The van der Waals surface area contributed by atoms with E-state index in [0.29, 0.717) is 28.1 Å². The van der Waals surface area contributed by atoms with Crippen molar-refractivity contribution in [3.05, 3.63) is 70.9 Å². The second kappa shape index (κ2) is 7.47. The van der Waals surface area contributed by atoms with Crippen molar-refractivity contribution in [2.24, 2.45) is 5.14 Å². The Morgan fingerprint density at radius 1 is 1.40 bits per heavy atom. The molecule has 0 unspecified atom stereocenters. The molecule has 132 valence electrons. The number of sulfonamides is 1. The number of carbonyl (C=O) groups excluding carboxylic acids is 1. The van der Waals surface area contributed by atoms with E-state index < -0.39 is 10.0 Å². The van der Waals surface area contributed by atoms with Crippen LogP contribution in [0, 0.1) is 0 Å². The average Bonchev–Trinajstić information content (AvgIpc) is 2.88. The topological polar surface area (TPSA) is 122 Å². The highest BCUT2D eigenvalue weighted by Gasteiger charge is 2.24. The molecule has 1 aliphatic heterocycles. The summed E-state index contributed by atoms with van der Waals surface area (Å²) in [6, 6.07) is 5.18. The van der Waals surface area contributed by atoms with E-state index >= 15 is 0 Å². The molecular formula is C17H19N3O4S. The lowest BCUT2D eigenvalue weighted by Crippen LogP contribution is -2.12. The van der Waals surface area contributed by atoms with Crippen LogP contribution in [0.5, 0.6) is 0 Å². The maximum Gasteiger partial charge on any atom is 0.257 e.